The van der Waals surface area contributed by atoms with Crippen LogP contribution in [0.4, 0.5) is 0 Å². The molecule has 0 aromatic heterocycles. The fraction of sp³-hybridized carbons (Fsp3) is 0.200. The van der Waals surface area contributed by atoms with Crippen molar-refractivity contribution in [3.63, 3.8) is 0 Å². The molecule has 0 heterocycles. The van der Waals surface area contributed by atoms with Crippen molar-refractivity contribution < 1.29 is 0 Å². The minimum absolute atomic E-state index is 1.04. The lowest BCUT2D eigenvalue weighted by atomic mass is 10.1. The van der Waals surface area contributed by atoms with E-state index in [-0.39, 0.29) is 0 Å². The van der Waals surface area contributed by atoms with Crippen molar-refractivity contribution in [3.05, 3.63) is 35.4 Å². The number of benzene rings is 1. The Labute approximate surface area is 73.4 Å². The summed E-state index contributed by atoms with van der Waals surface area (Å²) in [7, 11) is 0. The molecule has 0 N–H and O–H groups in total. The molecule has 0 radical (unpaired) electrons. The Bertz CT molecular complexity index is 274. The molecule has 0 aliphatic heterocycles. The highest BCUT2D eigenvalue weighted by Gasteiger charge is 1.93. The third-order valence-corrected chi connectivity index (χ3v) is 1.94. The largest absolute Gasteiger partial charge is 0.143 e. The average molecular weight is 164 g/mol. The third-order valence-electron chi connectivity index (χ3n) is 1.53. The van der Waals surface area contributed by atoms with Gasteiger partial charge in [0, 0.05) is 4.90 Å². The molecular weight excluding hydrogens is 152 g/mol. The van der Waals surface area contributed by atoms with Crippen molar-refractivity contribution in [2.45, 2.75) is 18.7 Å². The Balaban J connectivity index is 3.12. The lowest BCUT2D eigenvalue weighted by Crippen LogP contribution is -1.77. The molecule has 1 aromatic rings. The summed E-state index contributed by atoms with van der Waals surface area (Å²) in [6.07, 6.45) is 4.09. The standard InChI is InChI=1S/C10H12S/c1-3-4-9-7-8(2)5-6-10(9)11/h3-7,11H,1-2H3/b4-3-. The minimum atomic E-state index is 1.04. The minimum Gasteiger partial charge on any atom is -0.143 e. The van der Waals surface area contributed by atoms with Gasteiger partial charge in [0.2, 0.25) is 0 Å². The monoisotopic (exact) mass is 164 g/mol. The number of allylic oxidation sites excluding steroid dienone is 1. The van der Waals surface area contributed by atoms with Gasteiger partial charge in [-0.05, 0) is 25.5 Å². The first-order valence-electron chi connectivity index (χ1n) is 3.66. The highest BCUT2D eigenvalue weighted by molar-refractivity contribution is 7.80. The second-order valence-electron chi connectivity index (χ2n) is 2.56. The number of hydrogen-bond acceptors (Lipinski definition) is 1. The molecule has 0 saturated heterocycles. The highest BCUT2D eigenvalue weighted by atomic mass is 32.1. The smallest absolute Gasteiger partial charge is 0.0113 e. The van der Waals surface area contributed by atoms with Crippen LogP contribution < -0.4 is 0 Å². The Morgan fingerprint density at radius 1 is 1.36 bits per heavy atom. The number of rotatable bonds is 1. The van der Waals surface area contributed by atoms with E-state index in [1.54, 1.807) is 0 Å². The van der Waals surface area contributed by atoms with Crippen molar-refractivity contribution in [1.82, 2.24) is 0 Å². The van der Waals surface area contributed by atoms with Gasteiger partial charge in [0.05, 0.1) is 0 Å². The zero-order chi connectivity index (χ0) is 8.27. The van der Waals surface area contributed by atoms with Crippen molar-refractivity contribution in [3.8, 4) is 0 Å². The second-order valence-corrected chi connectivity index (χ2v) is 3.04. The zero-order valence-corrected chi connectivity index (χ0v) is 7.73. The van der Waals surface area contributed by atoms with Gasteiger partial charge in [-0.15, -0.1) is 12.6 Å². The first-order chi connectivity index (χ1) is 5.24. The van der Waals surface area contributed by atoms with Crippen molar-refractivity contribution >= 4 is 18.7 Å². The summed E-state index contributed by atoms with van der Waals surface area (Å²) >= 11 is 4.33. The van der Waals surface area contributed by atoms with E-state index in [1.807, 2.05) is 19.1 Å². The van der Waals surface area contributed by atoms with Crippen LogP contribution in [0.1, 0.15) is 18.1 Å². The van der Waals surface area contributed by atoms with Gasteiger partial charge < -0.3 is 0 Å². The Morgan fingerprint density at radius 2 is 2.09 bits per heavy atom. The summed E-state index contributed by atoms with van der Waals surface area (Å²) < 4.78 is 0. The summed E-state index contributed by atoms with van der Waals surface area (Å²) in [5, 5.41) is 0. The van der Waals surface area contributed by atoms with E-state index >= 15 is 0 Å². The molecule has 11 heavy (non-hydrogen) atoms. The van der Waals surface area contributed by atoms with Gasteiger partial charge in [-0.2, -0.15) is 0 Å². The van der Waals surface area contributed by atoms with E-state index in [4.69, 9.17) is 0 Å². The second kappa shape index (κ2) is 3.63. The average Bonchev–Trinajstić information content (AvgIpc) is 1.98. The van der Waals surface area contributed by atoms with E-state index in [0.717, 1.165) is 4.90 Å². The molecule has 1 heteroatoms. The lowest BCUT2D eigenvalue weighted by Gasteiger charge is -1.99. The number of aryl methyl sites for hydroxylation is 1. The van der Waals surface area contributed by atoms with Crippen LogP contribution in [0.15, 0.2) is 29.2 Å². The molecule has 0 spiro atoms. The summed E-state index contributed by atoms with van der Waals surface area (Å²) in [5.74, 6) is 0. The molecule has 0 saturated carbocycles. The Kier molecular flexibility index (Phi) is 2.77. The zero-order valence-electron chi connectivity index (χ0n) is 6.83. The van der Waals surface area contributed by atoms with Gasteiger partial charge in [-0.1, -0.05) is 29.8 Å². The quantitative estimate of drug-likeness (QED) is 0.605. The van der Waals surface area contributed by atoms with E-state index in [1.165, 1.54) is 11.1 Å². The molecule has 58 valence electrons. The predicted molar refractivity (Wildman–Crippen MR) is 53.1 cm³/mol. The first-order valence-corrected chi connectivity index (χ1v) is 4.11. The SMILES string of the molecule is C/C=C\c1cc(C)ccc1S. The summed E-state index contributed by atoms with van der Waals surface area (Å²) in [6, 6.07) is 6.21. The van der Waals surface area contributed by atoms with Crippen molar-refractivity contribution in [1.29, 1.82) is 0 Å². The number of thiol groups is 1. The van der Waals surface area contributed by atoms with Crippen LogP contribution in [-0.2, 0) is 0 Å². The molecule has 0 amide bonds. The maximum Gasteiger partial charge on any atom is 0.0113 e. The normalized spacial score (nSPS) is 10.8. The van der Waals surface area contributed by atoms with Gasteiger partial charge in [0.15, 0.2) is 0 Å². The van der Waals surface area contributed by atoms with Crippen molar-refractivity contribution in [2.24, 2.45) is 0 Å². The molecule has 0 bridgehead atoms. The van der Waals surface area contributed by atoms with Crippen LogP contribution in [0, 0.1) is 6.92 Å². The molecule has 1 aromatic carbocycles. The molecule has 0 fully saturated rings. The first kappa shape index (κ1) is 8.41. The van der Waals surface area contributed by atoms with Crippen LogP contribution >= 0.6 is 12.6 Å². The van der Waals surface area contributed by atoms with Crippen molar-refractivity contribution in [2.75, 3.05) is 0 Å². The molecule has 0 aliphatic rings. The predicted octanol–water partition coefficient (Wildman–Crippen LogP) is 3.32. The maximum absolute atomic E-state index is 4.33. The van der Waals surface area contributed by atoms with E-state index < -0.39 is 0 Å². The van der Waals surface area contributed by atoms with E-state index in [0.29, 0.717) is 0 Å². The molecular formula is C10H12S. The Morgan fingerprint density at radius 3 is 2.73 bits per heavy atom. The van der Waals surface area contributed by atoms with Crippen LogP contribution in [-0.4, -0.2) is 0 Å². The Hall–Kier alpha value is -0.690. The lowest BCUT2D eigenvalue weighted by molar-refractivity contribution is 1.36. The van der Waals surface area contributed by atoms with Gasteiger partial charge >= 0.3 is 0 Å². The van der Waals surface area contributed by atoms with Crippen LogP contribution in [0.3, 0.4) is 0 Å². The third kappa shape index (κ3) is 2.12. The summed E-state index contributed by atoms with van der Waals surface area (Å²) in [5.41, 5.74) is 2.46. The molecule has 1 rings (SSSR count). The summed E-state index contributed by atoms with van der Waals surface area (Å²) in [4.78, 5) is 1.04. The van der Waals surface area contributed by atoms with E-state index in [9.17, 15) is 0 Å². The summed E-state index contributed by atoms with van der Waals surface area (Å²) in [6.45, 7) is 4.09. The van der Waals surface area contributed by atoms with E-state index in [2.05, 4.69) is 37.8 Å². The molecule has 0 aliphatic carbocycles. The fourth-order valence-corrected chi connectivity index (χ4v) is 1.20. The number of hydrogen-bond donors (Lipinski definition) is 1. The van der Waals surface area contributed by atoms with Crippen LogP contribution in [0.2, 0.25) is 0 Å². The fourth-order valence-electron chi connectivity index (χ4n) is 0.987. The highest BCUT2D eigenvalue weighted by Crippen LogP contribution is 2.16. The maximum atomic E-state index is 4.33. The topological polar surface area (TPSA) is 0 Å². The molecule has 0 unspecified atom stereocenters. The van der Waals surface area contributed by atoms with Gasteiger partial charge in [-0.25, -0.2) is 0 Å². The van der Waals surface area contributed by atoms with Gasteiger partial charge in [0.25, 0.3) is 0 Å². The molecule has 0 atom stereocenters. The van der Waals surface area contributed by atoms with Gasteiger partial charge in [0.1, 0.15) is 0 Å². The van der Waals surface area contributed by atoms with Crippen LogP contribution in [0.25, 0.3) is 6.08 Å². The van der Waals surface area contributed by atoms with Crippen LogP contribution in [0.5, 0.6) is 0 Å². The van der Waals surface area contributed by atoms with Gasteiger partial charge in [-0.3, -0.25) is 0 Å². The molecule has 0 nitrogen and oxygen atoms in total.